The monoisotopic (exact) mass is 168 g/mol. The Kier molecular flexibility index (Phi) is 3.73. The minimum Gasteiger partial charge on any atom is -0.315 e. The molecule has 0 bridgehead atoms. The van der Waals surface area contributed by atoms with Gasteiger partial charge in [0.2, 0.25) is 0 Å². The van der Waals surface area contributed by atoms with Gasteiger partial charge < -0.3 is 5.32 Å². The molecular formula is C8H16N4. The third-order valence-corrected chi connectivity index (χ3v) is 1.92. The Morgan fingerprint density at radius 2 is 2.42 bits per heavy atom. The van der Waals surface area contributed by atoms with Crippen molar-refractivity contribution < 1.29 is 0 Å². The Hall–Kier alpha value is -0.900. The molecule has 1 aromatic rings. The summed E-state index contributed by atoms with van der Waals surface area (Å²) in [5.41, 5.74) is 0. The van der Waals surface area contributed by atoms with E-state index in [4.69, 9.17) is 0 Å². The summed E-state index contributed by atoms with van der Waals surface area (Å²) in [4.78, 5) is 3.89. The van der Waals surface area contributed by atoms with E-state index < -0.39 is 0 Å². The summed E-state index contributed by atoms with van der Waals surface area (Å²) in [6.45, 7) is 3.09. The lowest BCUT2D eigenvalue weighted by atomic mass is 10.2. The van der Waals surface area contributed by atoms with Crippen molar-refractivity contribution in [2.75, 3.05) is 7.05 Å². The number of nitrogens with one attached hydrogen (secondary N) is 1. The van der Waals surface area contributed by atoms with Crippen LogP contribution in [0.3, 0.4) is 0 Å². The Balaban J connectivity index is 2.37. The van der Waals surface area contributed by atoms with Crippen LogP contribution < -0.4 is 5.32 Å². The molecule has 12 heavy (non-hydrogen) atoms. The molecule has 0 aliphatic carbocycles. The third kappa shape index (κ3) is 2.62. The van der Waals surface area contributed by atoms with Crippen molar-refractivity contribution in [3.63, 3.8) is 0 Å². The van der Waals surface area contributed by atoms with E-state index >= 15 is 0 Å². The molecule has 68 valence electrons. The molecular weight excluding hydrogens is 152 g/mol. The number of hydrogen-bond donors (Lipinski definition) is 1. The average molecular weight is 168 g/mol. The Bertz CT molecular complexity index is 195. The van der Waals surface area contributed by atoms with E-state index in [9.17, 15) is 0 Å². The molecule has 0 aliphatic rings. The molecule has 4 heteroatoms. The molecule has 4 nitrogen and oxygen atoms in total. The van der Waals surface area contributed by atoms with Crippen LogP contribution in [0.15, 0.2) is 12.7 Å². The molecule has 0 spiro atoms. The lowest BCUT2D eigenvalue weighted by Crippen LogP contribution is -2.30. The molecule has 1 aromatic heterocycles. The van der Waals surface area contributed by atoms with Crippen molar-refractivity contribution in [1.29, 1.82) is 0 Å². The molecule has 0 fully saturated rings. The number of likely N-dealkylation sites (N-methyl/N-ethyl adjacent to an activating group) is 1. The SMILES string of the molecule is CCCC(Cn1cncn1)NC. The van der Waals surface area contributed by atoms with Gasteiger partial charge in [-0.05, 0) is 13.5 Å². The summed E-state index contributed by atoms with van der Waals surface area (Å²) >= 11 is 0. The molecule has 0 aliphatic heterocycles. The van der Waals surface area contributed by atoms with Gasteiger partial charge >= 0.3 is 0 Å². The third-order valence-electron chi connectivity index (χ3n) is 1.92. The first kappa shape index (κ1) is 9.19. The molecule has 0 aromatic carbocycles. The van der Waals surface area contributed by atoms with E-state index in [1.165, 1.54) is 12.8 Å². The molecule has 0 saturated heterocycles. The fourth-order valence-electron chi connectivity index (χ4n) is 1.23. The molecule has 1 heterocycles. The zero-order valence-corrected chi connectivity index (χ0v) is 7.70. The van der Waals surface area contributed by atoms with E-state index in [-0.39, 0.29) is 0 Å². The fraction of sp³-hybridized carbons (Fsp3) is 0.750. The summed E-state index contributed by atoms with van der Waals surface area (Å²) in [6, 6.07) is 0.511. The van der Waals surface area contributed by atoms with Gasteiger partial charge in [-0.3, -0.25) is 4.68 Å². The lowest BCUT2D eigenvalue weighted by Gasteiger charge is -2.14. The number of aromatic nitrogens is 3. The summed E-state index contributed by atoms with van der Waals surface area (Å²) in [6.07, 6.45) is 5.69. The van der Waals surface area contributed by atoms with Gasteiger partial charge in [-0.1, -0.05) is 13.3 Å². The fourth-order valence-corrected chi connectivity index (χ4v) is 1.23. The predicted molar refractivity (Wildman–Crippen MR) is 47.8 cm³/mol. The molecule has 0 radical (unpaired) electrons. The topological polar surface area (TPSA) is 42.7 Å². The average Bonchev–Trinajstić information content (AvgIpc) is 2.56. The molecule has 1 atom stereocenters. The lowest BCUT2D eigenvalue weighted by molar-refractivity contribution is 0.426. The highest BCUT2D eigenvalue weighted by atomic mass is 15.3. The van der Waals surface area contributed by atoms with Crippen LogP contribution in [-0.2, 0) is 6.54 Å². The summed E-state index contributed by atoms with van der Waals surface area (Å²) in [5.74, 6) is 0. The van der Waals surface area contributed by atoms with E-state index in [0.717, 1.165) is 6.54 Å². The van der Waals surface area contributed by atoms with Gasteiger partial charge in [0.15, 0.2) is 0 Å². The normalized spacial score (nSPS) is 13.2. The van der Waals surface area contributed by atoms with Gasteiger partial charge in [0.1, 0.15) is 12.7 Å². The summed E-state index contributed by atoms with van der Waals surface area (Å²) < 4.78 is 1.86. The van der Waals surface area contributed by atoms with E-state index in [0.29, 0.717) is 6.04 Å². The number of hydrogen-bond acceptors (Lipinski definition) is 3. The van der Waals surface area contributed by atoms with E-state index in [2.05, 4.69) is 22.3 Å². The predicted octanol–water partition coefficient (Wildman–Crippen LogP) is 0.666. The number of nitrogens with zero attached hydrogens (tertiary/aromatic N) is 3. The van der Waals surface area contributed by atoms with Crippen LogP contribution in [0.2, 0.25) is 0 Å². The maximum atomic E-state index is 4.05. The minimum atomic E-state index is 0.511. The highest BCUT2D eigenvalue weighted by molar-refractivity contribution is 4.66. The van der Waals surface area contributed by atoms with Gasteiger partial charge in [-0.2, -0.15) is 5.10 Å². The summed E-state index contributed by atoms with van der Waals surface area (Å²) in [7, 11) is 1.98. The smallest absolute Gasteiger partial charge is 0.137 e. The van der Waals surface area contributed by atoms with Crippen LogP contribution in [0, 0.1) is 0 Å². The van der Waals surface area contributed by atoms with Gasteiger partial charge in [0.25, 0.3) is 0 Å². The highest BCUT2D eigenvalue weighted by Crippen LogP contribution is 1.98. The van der Waals surface area contributed by atoms with Crippen molar-refractivity contribution in [2.24, 2.45) is 0 Å². The second kappa shape index (κ2) is 4.87. The standard InChI is InChI=1S/C8H16N4/c1-3-4-8(9-2)5-12-7-10-6-11-12/h6-9H,3-5H2,1-2H3. The Morgan fingerprint density at radius 1 is 1.58 bits per heavy atom. The van der Waals surface area contributed by atoms with Gasteiger partial charge in [0.05, 0.1) is 6.54 Å². The van der Waals surface area contributed by atoms with Gasteiger partial charge in [-0.25, -0.2) is 4.98 Å². The van der Waals surface area contributed by atoms with Crippen molar-refractivity contribution in [2.45, 2.75) is 32.4 Å². The van der Waals surface area contributed by atoms with Crippen molar-refractivity contribution >= 4 is 0 Å². The highest BCUT2D eigenvalue weighted by Gasteiger charge is 2.04. The van der Waals surface area contributed by atoms with Crippen LogP contribution in [0.1, 0.15) is 19.8 Å². The van der Waals surface area contributed by atoms with Crippen molar-refractivity contribution in [3.8, 4) is 0 Å². The van der Waals surface area contributed by atoms with Gasteiger partial charge in [0, 0.05) is 6.04 Å². The molecule has 0 saturated carbocycles. The molecule has 1 unspecified atom stereocenters. The molecule has 0 amide bonds. The minimum absolute atomic E-state index is 0.511. The van der Waals surface area contributed by atoms with E-state index in [1.54, 1.807) is 12.7 Å². The number of rotatable bonds is 5. The molecule has 1 rings (SSSR count). The van der Waals surface area contributed by atoms with Gasteiger partial charge in [-0.15, -0.1) is 0 Å². The second-order valence-electron chi connectivity index (χ2n) is 2.89. The van der Waals surface area contributed by atoms with Crippen molar-refractivity contribution in [3.05, 3.63) is 12.7 Å². The van der Waals surface area contributed by atoms with Crippen LogP contribution in [-0.4, -0.2) is 27.9 Å². The zero-order valence-electron chi connectivity index (χ0n) is 7.70. The van der Waals surface area contributed by atoms with Crippen molar-refractivity contribution in [1.82, 2.24) is 20.1 Å². The first-order valence-electron chi connectivity index (χ1n) is 4.36. The van der Waals surface area contributed by atoms with Crippen LogP contribution in [0.4, 0.5) is 0 Å². The maximum absolute atomic E-state index is 4.05. The second-order valence-corrected chi connectivity index (χ2v) is 2.89. The van der Waals surface area contributed by atoms with Crippen LogP contribution in [0.5, 0.6) is 0 Å². The van der Waals surface area contributed by atoms with Crippen LogP contribution in [0.25, 0.3) is 0 Å². The first-order chi connectivity index (χ1) is 5.86. The zero-order chi connectivity index (χ0) is 8.81. The summed E-state index contributed by atoms with van der Waals surface area (Å²) in [5, 5.41) is 7.30. The molecule has 1 N–H and O–H groups in total. The first-order valence-corrected chi connectivity index (χ1v) is 4.36. The van der Waals surface area contributed by atoms with E-state index in [1.807, 2.05) is 11.7 Å². The largest absolute Gasteiger partial charge is 0.315 e. The quantitative estimate of drug-likeness (QED) is 0.702. The van der Waals surface area contributed by atoms with Crippen LogP contribution >= 0.6 is 0 Å². The Labute approximate surface area is 73.0 Å². The Morgan fingerprint density at radius 3 is 2.92 bits per heavy atom. The maximum Gasteiger partial charge on any atom is 0.137 e.